The van der Waals surface area contributed by atoms with Crippen molar-refractivity contribution in [3.63, 3.8) is 0 Å². The van der Waals surface area contributed by atoms with E-state index >= 15 is 0 Å². The first-order chi connectivity index (χ1) is 13.0. The van der Waals surface area contributed by atoms with E-state index in [-0.39, 0.29) is 11.0 Å². The van der Waals surface area contributed by atoms with Gasteiger partial charge in [-0.3, -0.25) is 10.1 Å². The molecule has 6 nitrogen and oxygen atoms in total. The number of esters is 1. The van der Waals surface area contributed by atoms with Gasteiger partial charge in [0.05, 0.1) is 19.3 Å². The van der Waals surface area contributed by atoms with E-state index < -0.39 is 5.97 Å². The Balaban J connectivity index is 1.87. The van der Waals surface area contributed by atoms with Crippen LogP contribution >= 0.6 is 12.2 Å². The first kappa shape index (κ1) is 20.4. The largest absolute Gasteiger partial charge is 0.494 e. The zero-order valence-electron chi connectivity index (χ0n) is 15.3. The number of unbranched alkanes of at least 4 members (excludes halogenated alkanes) is 1. The molecule has 0 saturated heterocycles. The Morgan fingerprint density at radius 1 is 1.00 bits per heavy atom. The summed E-state index contributed by atoms with van der Waals surface area (Å²) in [7, 11) is 1.32. The number of anilines is 1. The zero-order valence-corrected chi connectivity index (χ0v) is 16.1. The Hall–Kier alpha value is -2.93. The lowest BCUT2D eigenvalue weighted by Crippen LogP contribution is -2.34. The van der Waals surface area contributed by atoms with Crippen LogP contribution in [-0.2, 0) is 4.74 Å². The number of ether oxygens (including phenoxy) is 2. The van der Waals surface area contributed by atoms with E-state index in [0.29, 0.717) is 23.4 Å². The van der Waals surface area contributed by atoms with E-state index in [1.165, 1.54) is 7.11 Å². The Morgan fingerprint density at radius 3 is 2.22 bits per heavy atom. The molecule has 2 rings (SSSR count). The lowest BCUT2D eigenvalue weighted by molar-refractivity contribution is 0.0600. The molecule has 2 aromatic rings. The van der Waals surface area contributed by atoms with Gasteiger partial charge in [0.1, 0.15) is 5.75 Å². The fourth-order valence-electron chi connectivity index (χ4n) is 2.18. The second-order valence-corrected chi connectivity index (χ2v) is 6.11. The maximum Gasteiger partial charge on any atom is 0.337 e. The molecule has 0 aliphatic heterocycles. The number of hydrogen-bond acceptors (Lipinski definition) is 5. The second-order valence-electron chi connectivity index (χ2n) is 5.70. The summed E-state index contributed by atoms with van der Waals surface area (Å²) in [5, 5.41) is 5.67. The highest BCUT2D eigenvalue weighted by Crippen LogP contribution is 2.13. The normalized spacial score (nSPS) is 10.0. The van der Waals surface area contributed by atoms with Crippen LogP contribution in [-0.4, -0.2) is 30.7 Å². The lowest BCUT2D eigenvalue weighted by Gasteiger charge is -2.10. The molecule has 1 amide bonds. The number of methoxy groups -OCH3 is 1. The summed E-state index contributed by atoms with van der Waals surface area (Å²) in [6, 6.07) is 13.4. The molecule has 0 atom stereocenters. The van der Waals surface area contributed by atoms with E-state index in [9.17, 15) is 9.59 Å². The predicted octanol–water partition coefficient (Wildman–Crippen LogP) is 3.78. The molecule has 0 spiro atoms. The summed E-state index contributed by atoms with van der Waals surface area (Å²) in [5.41, 5.74) is 1.55. The van der Waals surface area contributed by atoms with Crippen molar-refractivity contribution in [1.29, 1.82) is 0 Å². The summed E-state index contributed by atoms with van der Waals surface area (Å²) in [6.45, 7) is 2.76. The van der Waals surface area contributed by atoms with Crippen molar-refractivity contribution in [3.8, 4) is 5.75 Å². The molecule has 0 aromatic heterocycles. The van der Waals surface area contributed by atoms with Crippen molar-refractivity contribution >= 4 is 34.9 Å². The van der Waals surface area contributed by atoms with Crippen LogP contribution in [0.3, 0.4) is 0 Å². The van der Waals surface area contributed by atoms with Crippen LogP contribution in [0.2, 0.25) is 0 Å². The molecular weight excluding hydrogens is 364 g/mol. The molecular formula is C20H22N2O4S. The lowest BCUT2D eigenvalue weighted by atomic mass is 10.2. The molecule has 0 saturated carbocycles. The molecule has 27 heavy (non-hydrogen) atoms. The van der Waals surface area contributed by atoms with Crippen molar-refractivity contribution in [2.75, 3.05) is 19.0 Å². The van der Waals surface area contributed by atoms with Crippen molar-refractivity contribution in [2.45, 2.75) is 19.8 Å². The number of nitrogens with one attached hydrogen (secondary N) is 2. The van der Waals surface area contributed by atoms with E-state index in [1.807, 2.05) is 0 Å². The number of hydrogen-bond donors (Lipinski definition) is 2. The highest BCUT2D eigenvalue weighted by molar-refractivity contribution is 7.80. The van der Waals surface area contributed by atoms with Gasteiger partial charge in [0.25, 0.3) is 5.91 Å². The first-order valence-electron chi connectivity index (χ1n) is 8.57. The third-order valence-corrected chi connectivity index (χ3v) is 3.88. The second kappa shape index (κ2) is 10.3. The molecule has 0 radical (unpaired) electrons. The van der Waals surface area contributed by atoms with Crippen LogP contribution in [0.25, 0.3) is 0 Å². The zero-order chi connectivity index (χ0) is 19.6. The van der Waals surface area contributed by atoms with Crippen molar-refractivity contribution < 1.29 is 19.1 Å². The number of carbonyl (C=O) groups is 2. The van der Waals surface area contributed by atoms with E-state index in [1.54, 1.807) is 48.5 Å². The van der Waals surface area contributed by atoms with Gasteiger partial charge in [0.2, 0.25) is 0 Å². The Labute approximate surface area is 163 Å². The van der Waals surface area contributed by atoms with E-state index in [2.05, 4.69) is 22.3 Å². The third-order valence-electron chi connectivity index (χ3n) is 3.67. The molecule has 2 aromatic carbocycles. The highest BCUT2D eigenvalue weighted by atomic mass is 32.1. The number of amides is 1. The fourth-order valence-corrected chi connectivity index (χ4v) is 2.39. The van der Waals surface area contributed by atoms with E-state index in [0.717, 1.165) is 18.6 Å². The summed E-state index contributed by atoms with van der Waals surface area (Å²) in [5.74, 6) is -0.00950. The van der Waals surface area contributed by atoms with E-state index in [4.69, 9.17) is 17.0 Å². The summed E-state index contributed by atoms with van der Waals surface area (Å²) in [4.78, 5) is 23.7. The quantitative estimate of drug-likeness (QED) is 0.428. The molecule has 142 valence electrons. The van der Waals surface area contributed by atoms with Crippen LogP contribution in [0.15, 0.2) is 48.5 Å². The van der Waals surface area contributed by atoms with Crippen molar-refractivity contribution in [3.05, 3.63) is 59.7 Å². The van der Waals surface area contributed by atoms with Gasteiger partial charge in [0.15, 0.2) is 5.11 Å². The number of thiocarbonyl (C=S) groups is 1. The average molecular weight is 386 g/mol. The summed E-state index contributed by atoms with van der Waals surface area (Å²) >= 11 is 5.16. The highest BCUT2D eigenvalue weighted by Gasteiger charge is 2.09. The Kier molecular flexibility index (Phi) is 7.76. The van der Waals surface area contributed by atoms with Crippen molar-refractivity contribution in [1.82, 2.24) is 5.32 Å². The summed E-state index contributed by atoms with van der Waals surface area (Å²) < 4.78 is 10.2. The maximum atomic E-state index is 12.3. The molecule has 0 heterocycles. The van der Waals surface area contributed by atoms with Crippen LogP contribution in [0.1, 0.15) is 40.5 Å². The molecule has 0 aliphatic carbocycles. The van der Waals surface area contributed by atoms with Crippen LogP contribution in [0.4, 0.5) is 5.69 Å². The number of benzene rings is 2. The van der Waals surface area contributed by atoms with Crippen LogP contribution in [0, 0.1) is 0 Å². The fraction of sp³-hybridized carbons (Fsp3) is 0.250. The monoisotopic (exact) mass is 386 g/mol. The Morgan fingerprint density at radius 2 is 1.63 bits per heavy atom. The Bertz CT molecular complexity index is 789. The molecule has 0 fully saturated rings. The van der Waals surface area contributed by atoms with Crippen LogP contribution < -0.4 is 15.4 Å². The average Bonchev–Trinajstić information content (AvgIpc) is 2.68. The maximum absolute atomic E-state index is 12.3. The SMILES string of the molecule is CCCCOc1ccc(C(=O)NC(=S)Nc2ccc(C(=O)OC)cc2)cc1. The van der Waals surface area contributed by atoms with Gasteiger partial charge >= 0.3 is 5.97 Å². The molecule has 0 unspecified atom stereocenters. The smallest absolute Gasteiger partial charge is 0.337 e. The topological polar surface area (TPSA) is 76.7 Å². The predicted molar refractivity (Wildman–Crippen MR) is 108 cm³/mol. The first-order valence-corrected chi connectivity index (χ1v) is 8.98. The summed E-state index contributed by atoms with van der Waals surface area (Å²) in [6.07, 6.45) is 2.05. The minimum absolute atomic E-state index is 0.161. The molecule has 7 heteroatoms. The number of carbonyl (C=O) groups excluding carboxylic acids is 2. The van der Waals surface area contributed by atoms with Gasteiger partial charge in [-0.15, -0.1) is 0 Å². The third kappa shape index (κ3) is 6.38. The van der Waals surface area contributed by atoms with Gasteiger partial charge in [-0.2, -0.15) is 0 Å². The van der Waals surface area contributed by atoms with Crippen LogP contribution in [0.5, 0.6) is 5.75 Å². The molecule has 0 aliphatic rings. The van der Waals surface area contributed by atoms with Crippen molar-refractivity contribution in [2.24, 2.45) is 0 Å². The van der Waals surface area contributed by atoms with Gasteiger partial charge < -0.3 is 14.8 Å². The minimum Gasteiger partial charge on any atom is -0.494 e. The minimum atomic E-state index is -0.417. The molecule has 0 bridgehead atoms. The molecule has 2 N–H and O–H groups in total. The van der Waals surface area contributed by atoms with Gasteiger partial charge in [0, 0.05) is 11.3 Å². The van der Waals surface area contributed by atoms with Gasteiger partial charge in [-0.05, 0) is 67.2 Å². The number of rotatable bonds is 7. The van der Waals surface area contributed by atoms with Gasteiger partial charge in [-0.1, -0.05) is 13.3 Å². The standard InChI is InChI=1S/C20H22N2O4S/c1-3-4-13-26-17-11-7-14(8-12-17)18(23)22-20(27)21-16-9-5-15(6-10-16)19(24)25-2/h5-12H,3-4,13H2,1-2H3,(H2,21,22,23,27). The van der Waals surface area contributed by atoms with Gasteiger partial charge in [-0.25, -0.2) is 4.79 Å².